The highest BCUT2D eigenvalue weighted by atomic mass is 16.5. The SMILES string of the molecule is CC(=O)O[C@@H]1C[C@@H](/C(C)=C\CC=C(C)C)[C@@H]2[C@@H]1CO[C@H]1CC[C@@H](C)[C@@H]21. The minimum atomic E-state index is -0.155. The van der Waals surface area contributed by atoms with E-state index in [2.05, 4.69) is 39.8 Å². The first-order chi connectivity index (χ1) is 11.9. The van der Waals surface area contributed by atoms with Crippen molar-refractivity contribution in [2.24, 2.45) is 29.6 Å². The third kappa shape index (κ3) is 3.86. The zero-order valence-corrected chi connectivity index (χ0v) is 16.5. The highest BCUT2D eigenvalue weighted by molar-refractivity contribution is 5.66. The highest BCUT2D eigenvalue weighted by Gasteiger charge is 2.56. The fourth-order valence-electron chi connectivity index (χ4n) is 5.61. The molecule has 0 aromatic heterocycles. The van der Waals surface area contributed by atoms with Crippen molar-refractivity contribution in [1.29, 1.82) is 0 Å². The largest absolute Gasteiger partial charge is 0.462 e. The van der Waals surface area contributed by atoms with E-state index >= 15 is 0 Å². The molecule has 0 spiro atoms. The second-order valence-electron chi connectivity index (χ2n) is 8.70. The molecule has 140 valence electrons. The molecule has 0 N–H and O–H groups in total. The molecule has 0 aromatic rings. The molecule has 3 heteroatoms. The third-order valence-corrected chi connectivity index (χ3v) is 6.73. The van der Waals surface area contributed by atoms with Crippen LogP contribution in [-0.4, -0.2) is 24.8 Å². The van der Waals surface area contributed by atoms with Crippen LogP contribution in [0.5, 0.6) is 0 Å². The van der Waals surface area contributed by atoms with E-state index in [1.54, 1.807) is 0 Å². The minimum absolute atomic E-state index is 0.0213. The minimum Gasteiger partial charge on any atom is -0.462 e. The number of hydrogen-bond acceptors (Lipinski definition) is 3. The Morgan fingerprint density at radius 2 is 1.88 bits per heavy atom. The van der Waals surface area contributed by atoms with Crippen LogP contribution < -0.4 is 0 Å². The number of carbonyl (C=O) groups excluding carboxylic acids is 1. The number of ether oxygens (including phenoxy) is 2. The lowest BCUT2D eigenvalue weighted by molar-refractivity contribution is -0.155. The Bertz CT molecular complexity index is 558. The van der Waals surface area contributed by atoms with Crippen LogP contribution in [0, 0.1) is 29.6 Å². The Kier molecular flexibility index (Phi) is 5.72. The summed E-state index contributed by atoms with van der Waals surface area (Å²) in [6.07, 6.45) is 9.53. The normalized spacial score (nSPS) is 40.4. The molecular formula is C22H34O3. The fourth-order valence-corrected chi connectivity index (χ4v) is 5.61. The van der Waals surface area contributed by atoms with Gasteiger partial charge in [-0.1, -0.05) is 30.2 Å². The molecule has 3 nitrogen and oxygen atoms in total. The lowest BCUT2D eigenvalue weighted by atomic mass is 9.70. The molecule has 2 saturated carbocycles. The molecule has 2 aliphatic carbocycles. The van der Waals surface area contributed by atoms with Crippen molar-refractivity contribution in [1.82, 2.24) is 0 Å². The van der Waals surface area contributed by atoms with Gasteiger partial charge in [0.15, 0.2) is 0 Å². The van der Waals surface area contributed by atoms with E-state index in [0.29, 0.717) is 35.7 Å². The Morgan fingerprint density at radius 3 is 2.56 bits per heavy atom. The van der Waals surface area contributed by atoms with E-state index in [0.717, 1.165) is 19.4 Å². The zero-order valence-electron chi connectivity index (χ0n) is 16.5. The average Bonchev–Trinajstić information content (AvgIpc) is 3.08. The van der Waals surface area contributed by atoms with E-state index in [4.69, 9.17) is 9.47 Å². The van der Waals surface area contributed by atoms with Crippen LogP contribution in [0.25, 0.3) is 0 Å². The number of esters is 1. The monoisotopic (exact) mass is 346 g/mol. The Balaban J connectivity index is 1.85. The molecule has 0 amide bonds. The van der Waals surface area contributed by atoms with Crippen LogP contribution in [0.15, 0.2) is 23.3 Å². The summed E-state index contributed by atoms with van der Waals surface area (Å²) in [6.45, 7) is 11.2. The topological polar surface area (TPSA) is 35.5 Å². The Labute approximate surface area is 152 Å². The quantitative estimate of drug-likeness (QED) is 0.535. The van der Waals surface area contributed by atoms with Gasteiger partial charge < -0.3 is 9.47 Å². The lowest BCUT2D eigenvalue weighted by Crippen LogP contribution is -2.44. The first-order valence-electron chi connectivity index (χ1n) is 9.97. The molecule has 1 heterocycles. The molecular weight excluding hydrogens is 312 g/mol. The molecule has 1 saturated heterocycles. The molecule has 1 aliphatic heterocycles. The van der Waals surface area contributed by atoms with Gasteiger partial charge in [0.25, 0.3) is 0 Å². The third-order valence-electron chi connectivity index (χ3n) is 6.73. The first-order valence-corrected chi connectivity index (χ1v) is 9.97. The van der Waals surface area contributed by atoms with Gasteiger partial charge in [0.05, 0.1) is 12.7 Å². The molecule has 0 radical (unpaired) electrons. The number of allylic oxidation sites excluding steroid dienone is 4. The molecule has 0 unspecified atom stereocenters. The van der Waals surface area contributed by atoms with Gasteiger partial charge in [-0.05, 0) is 70.1 Å². The van der Waals surface area contributed by atoms with E-state index in [-0.39, 0.29) is 12.1 Å². The maximum atomic E-state index is 11.6. The zero-order chi connectivity index (χ0) is 18.1. The molecule has 0 aromatic carbocycles. The number of rotatable bonds is 4. The van der Waals surface area contributed by atoms with Crippen molar-refractivity contribution < 1.29 is 14.3 Å². The van der Waals surface area contributed by atoms with Crippen molar-refractivity contribution in [2.45, 2.75) is 72.5 Å². The van der Waals surface area contributed by atoms with E-state index in [9.17, 15) is 4.79 Å². The molecule has 25 heavy (non-hydrogen) atoms. The van der Waals surface area contributed by atoms with Crippen LogP contribution in [0.3, 0.4) is 0 Å². The van der Waals surface area contributed by atoms with E-state index in [1.807, 2.05) is 0 Å². The van der Waals surface area contributed by atoms with Crippen molar-refractivity contribution >= 4 is 5.97 Å². The van der Waals surface area contributed by atoms with Crippen LogP contribution in [0.4, 0.5) is 0 Å². The fraction of sp³-hybridized carbons (Fsp3) is 0.773. The lowest BCUT2D eigenvalue weighted by Gasteiger charge is -2.42. The molecule has 3 rings (SSSR count). The number of hydrogen-bond donors (Lipinski definition) is 0. The second-order valence-corrected chi connectivity index (χ2v) is 8.70. The predicted octanol–water partition coefficient (Wildman–Crippen LogP) is 4.92. The average molecular weight is 347 g/mol. The summed E-state index contributed by atoms with van der Waals surface area (Å²) in [4.78, 5) is 11.6. The molecule has 7 atom stereocenters. The molecule has 3 fully saturated rings. The van der Waals surface area contributed by atoms with Gasteiger partial charge in [-0.25, -0.2) is 0 Å². The van der Waals surface area contributed by atoms with Crippen LogP contribution in [0.2, 0.25) is 0 Å². The van der Waals surface area contributed by atoms with Gasteiger partial charge in [0.1, 0.15) is 6.10 Å². The van der Waals surface area contributed by atoms with Gasteiger partial charge in [-0.2, -0.15) is 0 Å². The van der Waals surface area contributed by atoms with E-state index < -0.39 is 0 Å². The maximum absolute atomic E-state index is 11.6. The maximum Gasteiger partial charge on any atom is 0.302 e. The van der Waals surface area contributed by atoms with Gasteiger partial charge in [0, 0.05) is 12.8 Å². The van der Waals surface area contributed by atoms with E-state index in [1.165, 1.54) is 30.9 Å². The number of carbonyl (C=O) groups is 1. The van der Waals surface area contributed by atoms with Gasteiger partial charge >= 0.3 is 5.97 Å². The van der Waals surface area contributed by atoms with Crippen molar-refractivity contribution in [3.63, 3.8) is 0 Å². The van der Waals surface area contributed by atoms with Gasteiger partial charge in [0.2, 0.25) is 0 Å². The van der Waals surface area contributed by atoms with Crippen molar-refractivity contribution in [2.75, 3.05) is 6.61 Å². The smallest absolute Gasteiger partial charge is 0.302 e. The summed E-state index contributed by atoms with van der Waals surface area (Å²) < 4.78 is 11.9. The van der Waals surface area contributed by atoms with Crippen LogP contribution in [0.1, 0.15) is 60.3 Å². The first kappa shape index (κ1) is 18.7. The summed E-state index contributed by atoms with van der Waals surface area (Å²) in [7, 11) is 0. The predicted molar refractivity (Wildman–Crippen MR) is 100 cm³/mol. The summed E-state index contributed by atoms with van der Waals surface area (Å²) in [5.41, 5.74) is 2.84. The summed E-state index contributed by atoms with van der Waals surface area (Å²) in [5.74, 6) is 2.66. The van der Waals surface area contributed by atoms with Crippen LogP contribution in [-0.2, 0) is 14.3 Å². The van der Waals surface area contributed by atoms with Gasteiger partial charge in [-0.15, -0.1) is 0 Å². The number of fused-ring (bicyclic) bond motifs is 3. The van der Waals surface area contributed by atoms with Crippen LogP contribution >= 0.6 is 0 Å². The van der Waals surface area contributed by atoms with Crippen molar-refractivity contribution in [3.8, 4) is 0 Å². The standard InChI is InChI=1S/C22H34O3/c1-13(2)7-6-8-14(3)17-11-20(25-16(5)23)18-12-24-19-10-9-15(4)21(19)22(17)18/h7-8,15,17-22H,6,9-12H2,1-5H3/b14-8-/t15-,17+,18-,19+,20-,21-,22-/m1/s1. The molecule has 3 aliphatic rings. The van der Waals surface area contributed by atoms with Crippen molar-refractivity contribution in [3.05, 3.63) is 23.3 Å². The summed E-state index contributed by atoms with van der Waals surface area (Å²) in [5, 5.41) is 0. The molecule has 0 bridgehead atoms. The Morgan fingerprint density at radius 1 is 1.12 bits per heavy atom. The highest BCUT2D eigenvalue weighted by Crippen LogP contribution is 2.55. The Hall–Kier alpha value is -1.09. The van der Waals surface area contributed by atoms with Gasteiger partial charge in [-0.3, -0.25) is 4.79 Å². The summed E-state index contributed by atoms with van der Waals surface area (Å²) in [6, 6.07) is 0. The second kappa shape index (κ2) is 7.65. The summed E-state index contributed by atoms with van der Waals surface area (Å²) >= 11 is 0.